The van der Waals surface area contributed by atoms with Gasteiger partial charge in [-0.15, -0.1) is 11.3 Å². The minimum absolute atomic E-state index is 0.807. The second-order valence-corrected chi connectivity index (χ2v) is 6.67. The van der Waals surface area contributed by atoms with E-state index >= 15 is 0 Å². The van der Waals surface area contributed by atoms with Crippen LogP contribution in [0.2, 0.25) is 0 Å². The molecule has 19 heavy (non-hydrogen) atoms. The van der Waals surface area contributed by atoms with Gasteiger partial charge in [0.25, 0.3) is 0 Å². The molecule has 2 nitrogen and oxygen atoms in total. The summed E-state index contributed by atoms with van der Waals surface area (Å²) in [7, 11) is 4.31. The van der Waals surface area contributed by atoms with Crippen LogP contribution in [0.5, 0.6) is 0 Å². The van der Waals surface area contributed by atoms with Crippen molar-refractivity contribution in [2.24, 2.45) is 0 Å². The lowest BCUT2D eigenvalue weighted by molar-refractivity contribution is 0.153. The molecule has 1 aliphatic carbocycles. The summed E-state index contributed by atoms with van der Waals surface area (Å²) in [6.07, 6.45) is 4.16. The third-order valence-corrected chi connectivity index (χ3v) is 5.44. The summed E-state index contributed by atoms with van der Waals surface area (Å²) in [6, 6.07) is 9.62. The zero-order valence-corrected chi connectivity index (χ0v) is 12.6. The third-order valence-electron chi connectivity index (χ3n) is 4.22. The Morgan fingerprint density at radius 3 is 2.79 bits per heavy atom. The minimum Gasteiger partial charge on any atom is -0.315 e. The largest absolute Gasteiger partial charge is 0.315 e. The van der Waals surface area contributed by atoms with Crippen molar-refractivity contribution < 1.29 is 0 Å². The van der Waals surface area contributed by atoms with Crippen LogP contribution >= 0.6 is 11.3 Å². The summed E-state index contributed by atoms with van der Waals surface area (Å²) in [4.78, 5) is 4.03. The van der Waals surface area contributed by atoms with Crippen LogP contribution in [0, 0.1) is 0 Å². The summed E-state index contributed by atoms with van der Waals surface area (Å²) in [5, 5.41) is 4.76. The normalized spacial score (nSPS) is 16.2. The Morgan fingerprint density at radius 1 is 1.32 bits per heavy atom. The predicted octanol–water partition coefficient (Wildman–Crippen LogP) is 3.61. The van der Waals surface area contributed by atoms with Gasteiger partial charge in [0.15, 0.2) is 0 Å². The Kier molecular flexibility index (Phi) is 3.87. The van der Waals surface area contributed by atoms with Crippen molar-refractivity contribution in [3.8, 4) is 0 Å². The fourth-order valence-corrected chi connectivity index (χ4v) is 4.06. The highest BCUT2D eigenvalue weighted by atomic mass is 32.1. The van der Waals surface area contributed by atoms with Crippen LogP contribution in [0.25, 0.3) is 10.1 Å². The molecule has 1 N–H and O–H groups in total. The predicted molar refractivity (Wildman–Crippen MR) is 83.7 cm³/mol. The van der Waals surface area contributed by atoms with Crippen molar-refractivity contribution in [2.75, 3.05) is 14.1 Å². The molecule has 0 atom stereocenters. The first-order chi connectivity index (χ1) is 9.29. The molecule has 0 bridgehead atoms. The van der Waals surface area contributed by atoms with Crippen molar-refractivity contribution in [1.29, 1.82) is 0 Å². The van der Waals surface area contributed by atoms with Gasteiger partial charge >= 0.3 is 0 Å². The monoisotopic (exact) mass is 274 g/mol. The Hall–Kier alpha value is -0.900. The van der Waals surface area contributed by atoms with Crippen LogP contribution in [0.3, 0.4) is 0 Å². The molecule has 1 heterocycles. The second-order valence-electron chi connectivity index (χ2n) is 5.53. The summed E-state index contributed by atoms with van der Waals surface area (Å²) in [5.41, 5.74) is 1.53. The molecule has 1 saturated carbocycles. The molecule has 0 amide bonds. The van der Waals surface area contributed by atoms with E-state index in [1.807, 2.05) is 18.4 Å². The third kappa shape index (κ3) is 2.55. The topological polar surface area (TPSA) is 15.3 Å². The molecule has 3 rings (SSSR count). The lowest BCUT2D eigenvalue weighted by atomic mass is 9.91. The van der Waals surface area contributed by atoms with Crippen LogP contribution in [0.15, 0.2) is 24.3 Å². The summed E-state index contributed by atoms with van der Waals surface area (Å²) in [6.45, 7) is 2.07. The summed E-state index contributed by atoms with van der Waals surface area (Å²) < 4.78 is 1.42. The van der Waals surface area contributed by atoms with Gasteiger partial charge in [-0.1, -0.05) is 24.6 Å². The van der Waals surface area contributed by atoms with Crippen LogP contribution in [-0.4, -0.2) is 25.0 Å². The first-order valence-corrected chi connectivity index (χ1v) is 7.95. The van der Waals surface area contributed by atoms with Gasteiger partial charge in [-0.25, -0.2) is 0 Å². The van der Waals surface area contributed by atoms with E-state index in [0.29, 0.717) is 0 Å². The van der Waals surface area contributed by atoms with Crippen molar-refractivity contribution in [3.05, 3.63) is 34.7 Å². The lowest BCUT2D eigenvalue weighted by Gasteiger charge is -2.34. The molecule has 0 unspecified atom stereocenters. The molecule has 1 aromatic heterocycles. The van der Waals surface area contributed by atoms with E-state index in [1.54, 1.807) is 0 Å². The highest BCUT2D eigenvalue weighted by Gasteiger charge is 2.23. The van der Waals surface area contributed by atoms with Gasteiger partial charge in [-0.05, 0) is 44.0 Å². The molecule has 102 valence electrons. The molecule has 3 heteroatoms. The van der Waals surface area contributed by atoms with E-state index in [4.69, 9.17) is 0 Å². The molecule has 0 aliphatic heterocycles. The van der Waals surface area contributed by atoms with Crippen molar-refractivity contribution in [2.45, 2.75) is 38.4 Å². The van der Waals surface area contributed by atoms with Crippen LogP contribution < -0.4 is 5.32 Å². The summed E-state index contributed by atoms with van der Waals surface area (Å²) in [5.74, 6) is 0. The number of nitrogens with zero attached hydrogens (tertiary/aromatic N) is 1. The number of rotatable bonds is 5. The number of hydrogen-bond donors (Lipinski definition) is 1. The fourth-order valence-electron chi connectivity index (χ4n) is 2.83. The molecule has 1 fully saturated rings. The van der Waals surface area contributed by atoms with Gasteiger partial charge < -0.3 is 5.32 Å². The average molecular weight is 274 g/mol. The van der Waals surface area contributed by atoms with E-state index in [1.165, 1.54) is 39.8 Å². The maximum atomic E-state index is 3.31. The zero-order valence-electron chi connectivity index (χ0n) is 11.8. The number of nitrogens with one attached hydrogen (secondary N) is 1. The first-order valence-electron chi connectivity index (χ1n) is 7.13. The van der Waals surface area contributed by atoms with Gasteiger partial charge in [-0.2, -0.15) is 0 Å². The average Bonchev–Trinajstić information content (AvgIpc) is 2.66. The number of benzene rings is 1. The number of hydrogen-bond acceptors (Lipinski definition) is 3. The van der Waals surface area contributed by atoms with Gasteiger partial charge in [0.2, 0.25) is 0 Å². The van der Waals surface area contributed by atoms with Crippen LogP contribution in [-0.2, 0) is 13.1 Å². The summed E-state index contributed by atoms with van der Waals surface area (Å²) >= 11 is 1.94. The van der Waals surface area contributed by atoms with Gasteiger partial charge in [0, 0.05) is 28.7 Å². The van der Waals surface area contributed by atoms with E-state index in [-0.39, 0.29) is 0 Å². The fraction of sp³-hybridized carbons (Fsp3) is 0.500. The van der Waals surface area contributed by atoms with Gasteiger partial charge in [0.05, 0.1) is 0 Å². The van der Waals surface area contributed by atoms with Gasteiger partial charge in [-0.3, -0.25) is 4.90 Å². The number of fused-ring (bicyclic) bond motifs is 1. The Bertz CT molecular complexity index is 557. The molecule has 2 aromatic rings. The maximum absolute atomic E-state index is 3.31. The standard InChI is InChI=1S/C16H22N2S/c1-17-10-16-14(11-18(2)12-6-5-7-12)13-8-3-4-9-15(13)19-16/h3-4,8-9,12,17H,5-7,10-11H2,1-2H3. The van der Waals surface area contributed by atoms with E-state index in [9.17, 15) is 0 Å². The lowest BCUT2D eigenvalue weighted by Crippen LogP contribution is -2.36. The van der Waals surface area contributed by atoms with Crippen molar-refractivity contribution >= 4 is 21.4 Å². The Labute approximate surface area is 119 Å². The smallest absolute Gasteiger partial charge is 0.0349 e. The molecule has 0 spiro atoms. The molecule has 0 saturated heterocycles. The quantitative estimate of drug-likeness (QED) is 0.896. The van der Waals surface area contributed by atoms with E-state index in [0.717, 1.165) is 19.1 Å². The SMILES string of the molecule is CNCc1sc2ccccc2c1CN(C)C1CCC1. The maximum Gasteiger partial charge on any atom is 0.0349 e. The first kappa shape index (κ1) is 13.1. The highest BCUT2D eigenvalue weighted by Crippen LogP contribution is 2.33. The van der Waals surface area contributed by atoms with E-state index in [2.05, 4.69) is 41.5 Å². The molecule has 1 aromatic carbocycles. The van der Waals surface area contributed by atoms with E-state index < -0.39 is 0 Å². The van der Waals surface area contributed by atoms with Crippen molar-refractivity contribution in [3.63, 3.8) is 0 Å². The number of thiophene rings is 1. The molecular weight excluding hydrogens is 252 g/mol. The molecule has 1 aliphatic rings. The Balaban J connectivity index is 1.92. The zero-order chi connectivity index (χ0) is 13.2. The Morgan fingerprint density at radius 2 is 2.11 bits per heavy atom. The molecule has 0 radical (unpaired) electrons. The highest BCUT2D eigenvalue weighted by molar-refractivity contribution is 7.19. The van der Waals surface area contributed by atoms with Crippen LogP contribution in [0.4, 0.5) is 0 Å². The second kappa shape index (κ2) is 5.61. The van der Waals surface area contributed by atoms with Crippen LogP contribution in [0.1, 0.15) is 29.7 Å². The van der Waals surface area contributed by atoms with Gasteiger partial charge in [0.1, 0.15) is 0 Å². The molecular formula is C16H22N2S. The minimum atomic E-state index is 0.807. The van der Waals surface area contributed by atoms with Crippen molar-refractivity contribution in [1.82, 2.24) is 10.2 Å².